The van der Waals surface area contributed by atoms with Crippen molar-refractivity contribution in [2.45, 2.75) is 0 Å². The molecule has 6 nitrogen and oxygen atoms in total. The average molecular weight is 264 g/mol. The van der Waals surface area contributed by atoms with E-state index in [0.29, 0.717) is 37.6 Å². The third-order valence-electron chi connectivity index (χ3n) is 2.89. The monoisotopic (exact) mass is 264 g/mol. The SMILES string of the molecule is O=C(O)CNc1ccccc1C(=O)N1CCOCC1. The van der Waals surface area contributed by atoms with Crippen molar-refractivity contribution in [1.82, 2.24) is 4.90 Å². The molecular formula is C13H16N2O4. The van der Waals surface area contributed by atoms with Crippen LogP contribution in [0.4, 0.5) is 5.69 Å². The normalized spacial score (nSPS) is 15.1. The van der Waals surface area contributed by atoms with Crippen molar-refractivity contribution in [3.05, 3.63) is 29.8 Å². The third kappa shape index (κ3) is 3.45. The van der Waals surface area contributed by atoms with Crippen molar-refractivity contribution in [1.29, 1.82) is 0 Å². The number of hydrogen-bond donors (Lipinski definition) is 2. The molecule has 0 atom stereocenters. The molecular weight excluding hydrogens is 248 g/mol. The maximum Gasteiger partial charge on any atom is 0.322 e. The number of carboxylic acids is 1. The number of carboxylic acid groups (broad SMARTS) is 1. The summed E-state index contributed by atoms with van der Waals surface area (Å²) in [5, 5.41) is 11.4. The van der Waals surface area contributed by atoms with Gasteiger partial charge >= 0.3 is 5.97 Å². The number of anilines is 1. The van der Waals surface area contributed by atoms with Crippen molar-refractivity contribution in [2.75, 3.05) is 38.2 Å². The highest BCUT2D eigenvalue weighted by Gasteiger charge is 2.20. The Hall–Kier alpha value is -2.08. The van der Waals surface area contributed by atoms with Crippen molar-refractivity contribution >= 4 is 17.6 Å². The molecule has 19 heavy (non-hydrogen) atoms. The molecule has 0 saturated carbocycles. The van der Waals surface area contributed by atoms with Gasteiger partial charge in [-0.05, 0) is 12.1 Å². The summed E-state index contributed by atoms with van der Waals surface area (Å²) in [5.41, 5.74) is 1.03. The zero-order valence-corrected chi connectivity index (χ0v) is 10.5. The zero-order valence-electron chi connectivity index (χ0n) is 10.5. The predicted octanol–water partition coefficient (Wildman–Crippen LogP) is 0.656. The maximum absolute atomic E-state index is 12.3. The van der Waals surface area contributed by atoms with Gasteiger partial charge in [0.1, 0.15) is 6.54 Å². The predicted molar refractivity (Wildman–Crippen MR) is 69.3 cm³/mol. The Morgan fingerprint density at radius 3 is 2.63 bits per heavy atom. The van der Waals surface area contributed by atoms with E-state index in [1.165, 1.54) is 0 Å². The van der Waals surface area contributed by atoms with Gasteiger partial charge in [0.05, 0.1) is 18.8 Å². The molecule has 1 aliphatic rings. The second-order valence-electron chi connectivity index (χ2n) is 4.20. The van der Waals surface area contributed by atoms with Crippen LogP contribution in [0.15, 0.2) is 24.3 Å². The molecule has 0 aromatic heterocycles. The van der Waals surface area contributed by atoms with Gasteiger partial charge in [-0.1, -0.05) is 12.1 Å². The number of carbonyl (C=O) groups is 2. The highest BCUT2D eigenvalue weighted by Crippen LogP contribution is 2.17. The molecule has 1 aromatic rings. The number of nitrogens with zero attached hydrogens (tertiary/aromatic N) is 1. The Balaban J connectivity index is 2.13. The highest BCUT2D eigenvalue weighted by atomic mass is 16.5. The Morgan fingerprint density at radius 1 is 1.26 bits per heavy atom. The van der Waals surface area contributed by atoms with E-state index in [0.717, 1.165) is 0 Å². The minimum atomic E-state index is -0.964. The number of para-hydroxylation sites is 1. The van der Waals surface area contributed by atoms with Crippen LogP contribution in [0.25, 0.3) is 0 Å². The topological polar surface area (TPSA) is 78.9 Å². The van der Waals surface area contributed by atoms with Crippen LogP contribution in [-0.4, -0.2) is 54.7 Å². The van der Waals surface area contributed by atoms with Crippen LogP contribution in [0.2, 0.25) is 0 Å². The number of ether oxygens (including phenoxy) is 1. The number of morpholine rings is 1. The van der Waals surface area contributed by atoms with Crippen molar-refractivity contribution < 1.29 is 19.4 Å². The molecule has 1 saturated heterocycles. The van der Waals surface area contributed by atoms with Gasteiger partial charge in [-0.25, -0.2) is 0 Å². The number of nitrogens with one attached hydrogen (secondary N) is 1. The smallest absolute Gasteiger partial charge is 0.322 e. The summed E-state index contributed by atoms with van der Waals surface area (Å²) in [6.45, 7) is 1.98. The van der Waals surface area contributed by atoms with Crippen LogP contribution in [-0.2, 0) is 9.53 Å². The summed E-state index contributed by atoms with van der Waals surface area (Å²) in [4.78, 5) is 24.6. The molecule has 0 unspecified atom stereocenters. The van der Waals surface area contributed by atoms with Crippen molar-refractivity contribution in [3.63, 3.8) is 0 Å². The number of amides is 1. The minimum absolute atomic E-state index is 0.100. The quantitative estimate of drug-likeness (QED) is 0.835. The fourth-order valence-corrected chi connectivity index (χ4v) is 1.93. The molecule has 0 bridgehead atoms. The molecule has 2 rings (SSSR count). The summed E-state index contributed by atoms with van der Waals surface area (Å²) in [6.07, 6.45) is 0. The number of hydrogen-bond acceptors (Lipinski definition) is 4. The molecule has 102 valence electrons. The van der Waals surface area contributed by atoms with Crippen molar-refractivity contribution in [3.8, 4) is 0 Å². The van der Waals surface area contributed by atoms with Gasteiger partial charge in [-0.2, -0.15) is 0 Å². The van der Waals surface area contributed by atoms with Crippen LogP contribution in [0, 0.1) is 0 Å². The summed E-state index contributed by atoms with van der Waals surface area (Å²) in [5.74, 6) is -1.06. The third-order valence-corrected chi connectivity index (χ3v) is 2.89. The van der Waals surface area contributed by atoms with Gasteiger partial charge in [-0.3, -0.25) is 9.59 Å². The molecule has 1 fully saturated rings. The maximum atomic E-state index is 12.3. The zero-order chi connectivity index (χ0) is 13.7. The molecule has 1 aliphatic heterocycles. The Bertz CT molecular complexity index is 469. The molecule has 0 radical (unpaired) electrons. The van der Waals surface area contributed by atoms with E-state index in [9.17, 15) is 9.59 Å². The Morgan fingerprint density at radius 2 is 1.95 bits per heavy atom. The van der Waals surface area contributed by atoms with Gasteiger partial charge in [0.15, 0.2) is 0 Å². The lowest BCUT2D eigenvalue weighted by Crippen LogP contribution is -2.41. The van der Waals surface area contributed by atoms with E-state index in [1.807, 2.05) is 0 Å². The van der Waals surface area contributed by atoms with Crippen LogP contribution in [0.3, 0.4) is 0 Å². The van der Waals surface area contributed by atoms with E-state index >= 15 is 0 Å². The Labute approximate surface area is 111 Å². The largest absolute Gasteiger partial charge is 0.480 e. The lowest BCUT2D eigenvalue weighted by Gasteiger charge is -2.27. The van der Waals surface area contributed by atoms with Gasteiger partial charge in [0.25, 0.3) is 5.91 Å². The fraction of sp³-hybridized carbons (Fsp3) is 0.385. The first kappa shape index (κ1) is 13.4. The van der Waals surface area contributed by atoms with Crippen LogP contribution in [0.5, 0.6) is 0 Å². The van der Waals surface area contributed by atoms with E-state index in [4.69, 9.17) is 9.84 Å². The Kier molecular flexibility index (Phi) is 4.35. The van der Waals surface area contributed by atoms with E-state index in [2.05, 4.69) is 5.32 Å². The molecule has 6 heteroatoms. The lowest BCUT2D eigenvalue weighted by molar-refractivity contribution is -0.134. The average Bonchev–Trinajstić information content (AvgIpc) is 2.45. The van der Waals surface area contributed by atoms with Gasteiger partial charge in [-0.15, -0.1) is 0 Å². The first-order valence-corrected chi connectivity index (χ1v) is 6.10. The molecule has 0 spiro atoms. The first-order valence-electron chi connectivity index (χ1n) is 6.10. The molecule has 1 amide bonds. The van der Waals surface area contributed by atoms with E-state index < -0.39 is 5.97 Å². The van der Waals surface area contributed by atoms with Gasteiger partial charge < -0.3 is 20.1 Å². The van der Waals surface area contributed by atoms with Gasteiger partial charge in [0.2, 0.25) is 0 Å². The van der Waals surface area contributed by atoms with Crippen LogP contribution < -0.4 is 5.32 Å². The van der Waals surface area contributed by atoms with E-state index in [1.54, 1.807) is 29.2 Å². The number of carbonyl (C=O) groups excluding carboxylic acids is 1. The molecule has 2 N–H and O–H groups in total. The molecule has 0 aliphatic carbocycles. The first-order chi connectivity index (χ1) is 9.18. The van der Waals surface area contributed by atoms with Crippen LogP contribution in [0.1, 0.15) is 10.4 Å². The standard InChI is InChI=1S/C13H16N2O4/c16-12(17)9-14-11-4-2-1-3-10(11)13(18)15-5-7-19-8-6-15/h1-4,14H,5-9H2,(H,16,17). The summed E-state index contributed by atoms with van der Waals surface area (Å²) in [7, 11) is 0. The number of rotatable bonds is 4. The second-order valence-corrected chi connectivity index (χ2v) is 4.20. The molecule has 1 aromatic carbocycles. The van der Waals surface area contributed by atoms with Crippen molar-refractivity contribution in [2.24, 2.45) is 0 Å². The number of aliphatic carboxylic acids is 1. The molecule has 1 heterocycles. The minimum Gasteiger partial charge on any atom is -0.480 e. The number of benzene rings is 1. The fourth-order valence-electron chi connectivity index (χ4n) is 1.93. The highest BCUT2D eigenvalue weighted by molar-refractivity contribution is 6.00. The van der Waals surface area contributed by atoms with Gasteiger partial charge in [0, 0.05) is 18.8 Å². The summed E-state index contributed by atoms with van der Waals surface area (Å²) < 4.78 is 5.21. The summed E-state index contributed by atoms with van der Waals surface area (Å²) >= 11 is 0. The van der Waals surface area contributed by atoms with E-state index in [-0.39, 0.29) is 12.5 Å². The second kappa shape index (κ2) is 6.19. The van der Waals surface area contributed by atoms with Crippen LogP contribution >= 0.6 is 0 Å². The lowest BCUT2D eigenvalue weighted by atomic mass is 10.1. The summed E-state index contributed by atoms with van der Waals surface area (Å²) in [6, 6.07) is 6.93.